The first-order chi connectivity index (χ1) is 31.1. The van der Waals surface area contributed by atoms with Crippen molar-refractivity contribution in [3.63, 3.8) is 0 Å². The summed E-state index contributed by atoms with van der Waals surface area (Å²) in [6, 6.07) is 25.6. The maximum atomic E-state index is 7.65. The molecule has 1 saturated carbocycles. The predicted octanol–water partition coefficient (Wildman–Crippen LogP) is 16.0. The fraction of sp³-hybridized carbons (Fsp3) is 0.524. The number of furan rings is 1. The first-order valence-electron chi connectivity index (χ1n) is 26.2. The Kier molecular flexibility index (Phi) is 8.66. The van der Waals surface area contributed by atoms with Gasteiger partial charge in [0.25, 0.3) is 0 Å². The molecular formula is C63H77BN2O. The third-order valence-corrected chi connectivity index (χ3v) is 19.5. The van der Waals surface area contributed by atoms with Crippen LogP contribution in [0.15, 0.2) is 88.9 Å². The molecule has 3 heterocycles. The van der Waals surface area contributed by atoms with Crippen LogP contribution in [0.25, 0.3) is 11.0 Å². The molecule has 12 rings (SSSR count). The van der Waals surface area contributed by atoms with Gasteiger partial charge in [0, 0.05) is 28.1 Å². The summed E-state index contributed by atoms with van der Waals surface area (Å²) in [7, 11) is 0. The molecule has 3 nitrogen and oxygen atoms in total. The molecule has 5 aromatic rings. The molecule has 0 amide bonds. The normalized spacial score (nSPS) is 27.8. The Morgan fingerprint density at radius 1 is 0.552 bits per heavy atom. The molecule has 3 unspecified atom stereocenters. The summed E-state index contributed by atoms with van der Waals surface area (Å²) in [4.78, 5) is 5.40. The highest BCUT2D eigenvalue weighted by Gasteiger charge is 2.56. The molecule has 2 aliphatic heterocycles. The van der Waals surface area contributed by atoms with Gasteiger partial charge >= 0.3 is 0 Å². The highest BCUT2D eigenvalue weighted by molar-refractivity contribution is 6.93. The average Bonchev–Trinajstić information content (AvgIpc) is 3.86. The summed E-state index contributed by atoms with van der Waals surface area (Å²) in [6.45, 7) is 39.3. The van der Waals surface area contributed by atoms with Crippen LogP contribution in [0, 0.1) is 5.41 Å². The molecule has 2 bridgehead atoms. The van der Waals surface area contributed by atoms with Crippen LogP contribution in [0.4, 0.5) is 28.6 Å². The number of nitrogens with zero attached hydrogens (tertiary/aromatic N) is 2. The number of fused-ring (bicyclic) bond motifs is 13. The van der Waals surface area contributed by atoms with E-state index in [4.69, 9.17) is 4.42 Å². The highest BCUT2D eigenvalue weighted by atomic mass is 16.4. The van der Waals surface area contributed by atoms with Crippen molar-refractivity contribution < 1.29 is 4.42 Å². The molecule has 0 saturated heterocycles. The highest BCUT2D eigenvalue weighted by Crippen LogP contribution is 2.62. The summed E-state index contributed by atoms with van der Waals surface area (Å²) in [5.74, 6) is 1.20. The molecule has 0 N–H and O–H groups in total. The van der Waals surface area contributed by atoms with Crippen LogP contribution in [0.2, 0.25) is 5.82 Å². The summed E-state index contributed by atoms with van der Waals surface area (Å²) >= 11 is 0. The van der Waals surface area contributed by atoms with Gasteiger partial charge in [0.2, 0.25) is 12.6 Å². The summed E-state index contributed by atoms with van der Waals surface area (Å²) in [6.07, 6.45) is 16.3. The Balaban J connectivity index is 1.20. The minimum atomic E-state index is -0.0974. The zero-order valence-corrected chi connectivity index (χ0v) is 44.0. The Hall–Kier alpha value is -4.44. The largest absolute Gasteiger partial charge is 0.440 e. The van der Waals surface area contributed by atoms with Crippen molar-refractivity contribution in [3.8, 4) is 0 Å². The lowest BCUT2D eigenvalue weighted by Gasteiger charge is -2.51. The lowest BCUT2D eigenvalue weighted by molar-refractivity contribution is 0.332. The number of allylic oxidation sites excluding steroid dienone is 2. The fourth-order valence-electron chi connectivity index (χ4n) is 15.0. The molecule has 348 valence electrons. The van der Waals surface area contributed by atoms with Gasteiger partial charge in [-0.25, -0.2) is 0 Å². The maximum absolute atomic E-state index is 7.65. The molecule has 0 radical (unpaired) electrons. The predicted molar refractivity (Wildman–Crippen MR) is 287 cm³/mol. The van der Waals surface area contributed by atoms with Crippen molar-refractivity contribution in [1.29, 1.82) is 0 Å². The van der Waals surface area contributed by atoms with Crippen LogP contribution in [-0.4, -0.2) is 12.8 Å². The molecule has 4 heteroatoms. The van der Waals surface area contributed by atoms with Crippen LogP contribution in [0.5, 0.6) is 0 Å². The third-order valence-electron chi connectivity index (χ3n) is 19.5. The van der Waals surface area contributed by atoms with Crippen LogP contribution < -0.4 is 20.7 Å². The molecule has 67 heavy (non-hydrogen) atoms. The van der Waals surface area contributed by atoms with Gasteiger partial charge in [0.15, 0.2) is 0 Å². The zero-order chi connectivity index (χ0) is 47.6. The Morgan fingerprint density at radius 3 is 1.67 bits per heavy atom. The molecule has 4 atom stereocenters. The van der Waals surface area contributed by atoms with E-state index in [0.717, 1.165) is 11.5 Å². The van der Waals surface area contributed by atoms with E-state index < -0.39 is 0 Å². The van der Waals surface area contributed by atoms with E-state index in [-0.39, 0.29) is 61.9 Å². The van der Waals surface area contributed by atoms with E-state index in [1.807, 2.05) is 0 Å². The van der Waals surface area contributed by atoms with E-state index >= 15 is 0 Å². The van der Waals surface area contributed by atoms with Crippen LogP contribution >= 0.6 is 0 Å². The Bertz CT molecular complexity index is 3040. The monoisotopic (exact) mass is 889 g/mol. The van der Waals surface area contributed by atoms with E-state index in [9.17, 15) is 0 Å². The van der Waals surface area contributed by atoms with Crippen molar-refractivity contribution in [2.45, 2.75) is 205 Å². The number of hydrogen-bond acceptors (Lipinski definition) is 3. The minimum Gasteiger partial charge on any atom is -0.440 e. The SMILES string of the molecule is CC(C)(C)C1=C[C@H]2B3c4c(cc(C(C)(C)C)cc4N(c4ccc5c(c4)C(C)(C)CCC5(C)C)C2C=C1)N(c1ccc2c(c1)C(C)(C)CCC2(C)C)c1oc2cc4c(cc2c13)C1(C)CCC4(C)C1. The van der Waals surface area contributed by atoms with Gasteiger partial charge in [-0.1, -0.05) is 141 Å². The topological polar surface area (TPSA) is 19.6 Å². The average molecular weight is 889 g/mol. The van der Waals surface area contributed by atoms with Gasteiger partial charge in [-0.05, 0) is 198 Å². The van der Waals surface area contributed by atoms with Gasteiger partial charge in [-0.15, -0.1) is 0 Å². The van der Waals surface area contributed by atoms with Crippen LogP contribution in [0.1, 0.15) is 195 Å². The first kappa shape index (κ1) is 43.8. The Labute approximate surface area is 404 Å². The van der Waals surface area contributed by atoms with Gasteiger partial charge in [0.1, 0.15) is 5.58 Å². The smallest absolute Gasteiger partial charge is 0.232 e. The summed E-state index contributed by atoms with van der Waals surface area (Å²) in [5.41, 5.74) is 21.6. The fourth-order valence-corrected chi connectivity index (χ4v) is 15.0. The molecular weight excluding hydrogens is 812 g/mol. The van der Waals surface area contributed by atoms with Crippen LogP contribution in [-0.2, 0) is 37.9 Å². The lowest BCUT2D eigenvalue weighted by atomic mass is 9.28. The number of rotatable bonds is 2. The van der Waals surface area contributed by atoms with Crippen molar-refractivity contribution in [1.82, 2.24) is 0 Å². The van der Waals surface area contributed by atoms with E-state index in [0.29, 0.717) is 0 Å². The third kappa shape index (κ3) is 6.08. The quantitative estimate of drug-likeness (QED) is 0.165. The zero-order valence-electron chi connectivity index (χ0n) is 44.0. The van der Waals surface area contributed by atoms with Gasteiger partial charge in [0.05, 0.1) is 6.04 Å². The number of hydrogen-bond donors (Lipinski definition) is 0. The van der Waals surface area contributed by atoms with Crippen molar-refractivity contribution >= 4 is 57.2 Å². The second-order valence-electron chi connectivity index (χ2n) is 28.2. The standard InChI is InChI=1S/C63H77BN2O/c1-56(2,3)37-17-22-49-48(29-37)64-53-41-34-46-47(63(16)28-27-62(46,15)36-63)35-52(41)67-55(53)66(40-19-21-43-45(33-40)61(13,14)26-24-59(43,9)10)51-31-38(57(4,5)6)30-50(54(51)64)65(49)39-18-20-42-44(32-39)60(11,12)25-23-58(42,7)8/h17-22,29-35,48-49H,23-28,36H2,1-16H3/t48-,49?,62?,63?/m1/s1. The van der Waals surface area contributed by atoms with E-state index in [1.165, 1.54) is 123 Å². The first-order valence-corrected chi connectivity index (χ1v) is 26.2. The summed E-state index contributed by atoms with van der Waals surface area (Å²) < 4.78 is 7.65. The lowest BCUT2D eigenvalue weighted by Crippen LogP contribution is -2.61. The van der Waals surface area contributed by atoms with Crippen molar-refractivity contribution in [2.75, 3.05) is 9.80 Å². The molecule has 0 spiro atoms. The van der Waals surface area contributed by atoms with Crippen molar-refractivity contribution in [3.05, 3.63) is 123 Å². The van der Waals surface area contributed by atoms with Gasteiger partial charge in [-0.3, -0.25) is 4.90 Å². The minimum absolute atomic E-state index is 0.00271. The molecule has 4 aromatic carbocycles. The van der Waals surface area contributed by atoms with Crippen molar-refractivity contribution in [2.24, 2.45) is 5.41 Å². The summed E-state index contributed by atoms with van der Waals surface area (Å²) in [5, 5.41) is 1.32. The maximum Gasteiger partial charge on any atom is 0.232 e. The molecule has 1 fully saturated rings. The van der Waals surface area contributed by atoms with Gasteiger partial charge in [-0.2, -0.15) is 0 Å². The Morgan fingerprint density at radius 2 is 1.09 bits per heavy atom. The van der Waals surface area contributed by atoms with Gasteiger partial charge < -0.3 is 9.32 Å². The molecule has 1 aromatic heterocycles. The van der Waals surface area contributed by atoms with E-state index in [2.05, 4.69) is 199 Å². The van der Waals surface area contributed by atoms with Crippen LogP contribution in [0.3, 0.4) is 0 Å². The number of benzene rings is 4. The molecule has 5 aliphatic carbocycles. The number of anilines is 5. The van der Waals surface area contributed by atoms with E-state index in [1.54, 1.807) is 5.56 Å². The second kappa shape index (κ2) is 13.2. The second-order valence-corrected chi connectivity index (χ2v) is 28.2. The molecule has 7 aliphatic rings.